The number of aryl methyl sites for hydroxylation is 2. The molecule has 73 heavy (non-hydrogen) atoms. The fourth-order valence-corrected chi connectivity index (χ4v) is 10.6. The third-order valence-electron chi connectivity index (χ3n) is 14.6. The van der Waals surface area contributed by atoms with Gasteiger partial charge in [0, 0.05) is 60.9 Å². The molecule has 2 saturated carbocycles. The van der Waals surface area contributed by atoms with E-state index < -0.39 is 115 Å². The van der Waals surface area contributed by atoms with Crippen LogP contribution >= 0.6 is 0 Å². The van der Waals surface area contributed by atoms with Crippen LogP contribution in [0, 0.1) is 27.9 Å². The number of aliphatic hydroxyl groups is 5. The predicted molar refractivity (Wildman–Crippen MR) is 254 cm³/mol. The molecule has 2 aliphatic carbocycles. The van der Waals surface area contributed by atoms with Gasteiger partial charge in [-0.2, -0.15) is 0 Å². The summed E-state index contributed by atoms with van der Waals surface area (Å²) < 4.78 is 39.1. The van der Waals surface area contributed by atoms with Crippen LogP contribution in [0.5, 0.6) is 0 Å². The third-order valence-corrected chi connectivity index (χ3v) is 14.6. The molecule has 0 radical (unpaired) electrons. The van der Waals surface area contributed by atoms with Crippen molar-refractivity contribution in [2.75, 3.05) is 13.2 Å². The number of hydrogen-bond acceptors (Lipinski definition) is 18. The van der Waals surface area contributed by atoms with Gasteiger partial charge in [0.05, 0.1) is 41.1 Å². The highest BCUT2D eigenvalue weighted by Gasteiger charge is 2.54. The zero-order valence-corrected chi connectivity index (χ0v) is 40.7. The summed E-state index contributed by atoms with van der Waals surface area (Å²) in [5, 5.41) is 88.5. The van der Waals surface area contributed by atoms with E-state index in [2.05, 4.69) is 20.6 Å². The summed E-state index contributed by atoms with van der Waals surface area (Å²) in [7, 11) is 0. The number of H-pyrrole nitrogens is 1. The molecule has 398 valence electrons. The van der Waals surface area contributed by atoms with E-state index in [0.717, 1.165) is 48.6 Å². The van der Waals surface area contributed by atoms with E-state index in [1.807, 2.05) is 0 Å². The number of nitrogens with zero attached hydrogens (tertiary/aromatic N) is 4. The molecule has 2 aromatic heterocycles. The van der Waals surface area contributed by atoms with Gasteiger partial charge in [-0.3, -0.25) is 19.6 Å². The number of rotatable bonds is 20. The molecule has 1 amide bonds. The highest BCUT2D eigenvalue weighted by Crippen LogP contribution is 2.39. The molecule has 8 rings (SSSR count). The Kier molecular flexibility index (Phi) is 17.9. The number of benzene rings is 2. The summed E-state index contributed by atoms with van der Waals surface area (Å²) in [5.41, 5.74) is 2.35. The van der Waals surface area contributed by atoms with Crippen molar-refractivity contribution in [3.05, 3.63) is 87.9 Å². The van der Waals surface area contributed by atoms with Crippen molar-refractivity contribution in [3.8, 4) is 0 Å². The van der Waals surface area contributed by atoms with Crippen molar-refractivity contribution < 1.29 is 78.4 Å². The number of carboxylic acid groups (broad SMARTS) is 1. The first kappa shape index (κ1) is 53.8. The first-order valence-electron chi connectivity index (χ1n) is 25.1. The molecule has 6 unspecified atom stereocenters. The molecule has 2 saturated heterocycles. The van der Waals surface area contributed by atoms with Crippen LogP contribution in [0.1, 0.15) is 86.8 Å². The van der Waals surface area contributed by atoms with Gasteiger partial charge in [0.25, 0.3) is 5.69 Å². The molecular formula is C50H66N6O17. The maximum Gasteiger partial charge on any atom is 0.338 e. The number of aliphatic hydroxyl groups excluding tert-OH is 5. The molecule has 4 heterocycles. The molecule has 23 heteroatoms. The van der Waals surface area contributed by atoms with Crippen molar-refractivity contribution in [3.63, 3.8) is 0 Å². The number of aliphatic carboxylic acids is 1. The van der Waals surface area contributed by atoms with E-state index in [1.165, 1.54) is 31.2 Å². The summed E-state index contributed by atoms with van der Waals surface area (Å²) in [4.78, 5) is 54.8. The minimum Gasteiger partial charge on any atom is -0.479 e. The van der Waals surface area contributed by atoms with Crippen LogP contribution in [-0.4, -0.2) is 166 Å². The van der Waals surface area contributed by atoms with Gasteiger partial charge in [0.15, 0.2) is 24.8 Å². The third kappa shape index (κ3) is 12.9. The maximum atomic E-state index is 14.1. The van der Waals surface area contributed by atoms with E-state index in [-0.39, 0.29) is 48.9 Å². The van der Waals surface area contributed by atoms with Crippen molar-refractivity contribution in [2.45, 2.75) is 164 Å². The number of ether oxygens (including phenoxy) is 6. The second-order valence-corrected chi connectivity index (χ2v) is 19.8. The molecule has 0 spiro atoms. The highest BCUT2D eigenvalue weighted by molar-refractivity contribution is 5.89. The van der Waals surface area contributed by atoms with E-state index in [0.29, 0.717) is 25.1 Å². The van der Waals surface area contributed by atoms with E-state index in [9.17, 15) is 55.1 Å². The molecule has 4 aliphatic rings. The lowest BCUT2D eigenvalue weighted by Gasteiger charge is -2.48. The zero-order chi connectivity index (χ0) is 51.9. The van der Waals surface area contributed by atoms with Crippen LogP contribution in [0.25, 0.3) is 10.9 Å². The van der Waals surface area contributed by atoms with Gasteiger partial charge < -0.3 is 69.4 Å². The number of carboxylic acids is 1. The number of carbonyl (C=O) groups is 3. The predicted octanol–water partition coefficient (Wildman–Crippen LogP) is 2.33. The number of non-ortho nitro benzene ring substituents is 1. The van der Waals surface area contributed by atoms with Crippen molar-refractivity contribution in [2.24, 2.45) is 17.8 Å². The van der Waals surface area contributed by atoms with Gasteiger partial charge in [-0.05, 0) is 68.2 Å². The quantitative estimate of drug-likeness (QED) is 0.0358. The Balaban J connectivity index is 1.00. The van der Waals surface area contributed by atoms with Gasteiger partial charge in [-0.25, -0.2) is 9.59 Å². The lowest BCUT2D eigenvalue weighted by Crippen LogP contribution is -2.64. The molecule has 4 fully saturated rings. The van der Waals surface area contributed by atoms with Gasteiger partial charge in [-0.1, -0.05) is 62.4 Å². The molecule has 23 nitrogen and oxygen atoms in total. The Morgan fingerprint density at radius 1 is 0.918 bits per heavy atom. The van der Waals surface area contributed by atoms with E-state index >= 15 is 0 Å². The van der Waals surface area contributed by atoms with Crippen molar-refractivity contribution >= 4 is 34.4 Å². The maximum absolute atomic E-state index is 14.1. The number of esters is 1. The Bertz CT molecular complexity index is 2490. The topological polar surface area (TPSA) is 330 Å². The molecule has 0 bridgehead atoms. The summed E-state index contributed by atoms with van der Waals surface area (Å²) in [6.45, 7) is 3.10. The smallest absolute Gasteiger partial charge is 0.338 e. The van der Waals surface area contributed by atoms with Crippen molar-refractivity contribution in [1.82, 2.24) is 25.3 Å². The Hall–Kier alpha value is -5.47. The molecular weight excluding hydrogens is 957 g/mol. The number of aromatic amines is 1. The largest absolute Gasteiger partial charge is 0.479 e. The summed E-state index contributed by atoms with van der Waals surface area (Å²) >= 11 is 0. The first-order valence-corrected chi connectivity index (χ1v) is 25.1. The van der Waals surface area contributed by atoms with Crippen molar-refractivity contribution in [1.29, 1.82) is 0 Å². The van der Waals surface area contributed by atoms with Crippen LogP contribution < -0.4 is 5.32 Å². The van der Waals surface area contributed by atoms with E-state index in [1.54, 1.807) is 48.3 Å². The number of aromatic nitrogens is 4. The average Bonchev–Trinajstić information content (AvgIpc) is 4.03. The molecule has 2 aromatic carbocycles. The zero-order valence-electron chi connectivity index (χ0n) is 40.7. The van der Waals surface area contributed by atoms with Gasteiger partial charge in [0.2, 0.25) is 5.91 Å². The minimum absolute atomic E-state index is 0.00957. The number of nitro benzene ring substituents is 1. The Morgan fingerprint density at radius 2 is 1.68 bits per heavy atom. The second-order valence-electron chi connectivity index (χ2n) is 19.8. The minimum atomic E-state index is -1.71. The number of carbonyl (C=O) groups excluding carboxylic acids is 2. The average molecular weight is 1020 g/mol. The molecule has 2 aliphatic heterocycles. The highest BCUT2D eigenvalue weighted by atomic mass is 16.7. The number of hydrogen-bond donors (Lipinski definition) is 8. The number of nitro groups is 1. The normalized spacial score (nSPS) is 31.4. The van der Waals surface area contributed by atoms with Crippen LogP contribution in [-0.2, 0) is 57.4 Å². The van der Waals surface area contributed by atoms with Gasteiger partial charge >= 0.3 is 11.9 Å². The second kappa shape index (κ2) is 24.3. The van der Waals surface area contributed by atoms with E-state index in [4.69, 9.17) is 28.4 Å². The fraction of sp³-hybridized carbons (Fsp3) is 0.620. The summed E-state index contributed by atoms with van der Waals surface area (Å²) in [6, 6.07) is 12.6. The number of fused-ring (bicyclic) bond motifs is 1. The lowest BCUT2D eigenvalue weighted by atomic mass is 9.77. The van der Waals surface area contributed by atoms with Gasteiger partial charge in [-0.15, -0.1) is 5.10 Å². The summed E-state index contributed by atoms with van der Waals surface area (Å²) in [5.74, 6) is -3.79. The van der Waals surface area contributed by atoms with Crippen LogP contribution in [0.15, 0.2) is 60.9 Å². The number of nitrogens with one attached hydrogen (secondary N) is 2. The monoisotopic (exact) mass is 1020 g/mol. The molecule has 8 N–H and O–H groups in total. The number of amides is 1. The molecule has 15 atom stereocenters. The van der Waals surface area contributed by atoms with Crippen LogP contribution in [0.2, 0.25) is 0 Å². The fourth-order valence-electron chi connectivity index (χ4n) is 10.6. The van der Waals surface area contributed by atoms with Crippen LogP contribution in [0.3, 0.4) is 0 Å². The van der Waals surface area contributed by atoms with Gasteiger partial charge in [0.1, 0.15) is 36.6 Å². The Morgan fingerprint density at radius 3 is 2.41 bits per heavy atom. The molecule has 4 aromatic rings. The SMILES string of the molecule is CC1O[C@@H](OC2[C@H](C)CC(C(=O)NCCc3cn(CCc4c[nH]c5ccc([N+](=O)[O-])cc45)nn3)C[C@H]2O[C@@H]2O[C@@H](CO)[C@H](O)C(O[C@@H](CC3CCCCC3)C(=O)O)C2OC(=O)c2ccccc2)[C@@H](O)C(O)[C@@H]1O. The Labute approximate surface area is 420 Å². The lowest BCUT2D eigenvalue weighted by molar-refractivity contribution is -0.384. The standard InChI is InChI=1S/C50H66N6O17/c1-26-19-31(46(62)51-17-15-32-24-55(54-53-32)18-16-30-23-52-35-14-13-33(56(66)67)22-34(30)35)21-36(43(26)73-49-42(61)41(60)39(58)27(2)68-49)70-50-45(72-48(65)29-11-7-4-8-12-29)44(40(59)38(25-57)71-50)69-37(47(63)64)20-28-9-5-3-6-10-28/h4,7-8,11-14,22-24,26-28,31,36-45,49-50,52,57-61H,3,5-6,9-10,15-21,25H2,1-2H3,(H,51,62)(H,63,64)/t26-,27?,31?,36-,37+,38+,39-,40+,41?,42+,43?,44?,45?,49+,50-/m1/s1. The first-order chi connectivity index (χ1) is 35.1. The van der Waals surface area contributed by atoms with Crippen LogP contribution in [0.4, 0.5) is 5.69 Å². The summed E-state index contributed by atoms with van der Waals surface area (Å²) in [6.07, 6.45) is -9.79.